The minimum Gasteiger partial charge on any atom is -0.322 e. The molecule has 0 unspecified atom stereocenters. The molecule has 8 heteroatoms. The lowest BCUT2D eigenvalue weighted by Crippen LogP contribution is -2.19. The normalized spacial score (nSPS) is 10.2. The number of carbonyl (C=O) groups is 2. The Morgan fingerprint density at radius 2 is 1.46 bits per heavy atom. The van der Waals surface area contributed by atoms with Gasteiger partial charge in [-0.3, -0.25) is 19.7 Å². The molecule has 0 spiro atoms. The second-order valence-electron chi connectivity index (χ2n) is 5.74. The fraction of sp³-hybridized carbons (Fsp3) is 0. The number of para-hydroxylation sites is 1. The highest BCUT2D eigenvalue weighted by molar-refractivity contribution is 6.12. The highest BCUT2D eigenvalue weighted by Crippen LogP contribution is 2.24. The maximum absolute atomic E-state index is 13.8. The van der Waals surface area contributed by atoms with Gasteiger partial charge in [0.15, 0.2) is 0 Å². The summed E-state index contributed by atoms with van der Waals surface area (Å²) in [5.41, 5.74) is -0.155. The third-order valence-corrected chi connectivity index (χ3v) is 3.86. The number of rotatable bonds is 5. The molecule has 0 aromatic heterocycles. The Morgan fingerprint density at radius 3 is 2.14 bits per heavy atom. The monoisotopic (exact) mass is 379 g/mol. The molecule has 0 radical (unpaired) electrons. The summed E-state index contributed by atoms with van der Waals surface area (Å²) in [6.07, 6.45) is 0. The predicted molar refractivity (Wildman–Crippen MR) is 102 cm³/mol. The van der Waals surface area contributed by atoms with Crippen LogP contribution in [-0.2, 0) is 0 Å². The maximum atomic E-state index is 13.8. The molecule has 0 bridgehead atoms. The first kappa shape index (κ1) is 18.7. The highest BCUT2D eigenvalue weighted by atomic mass is 19.1. The second-order valence-corrected chi connectivity index (χ2v) is 5.74. The molecule has 0 saturated heterocycles. The highest BCUT2D eigenvalue weighted by Gasteiger charge is 2.20. The predicted octanol–water partition coefficient (Wildman–Crippen LogP) is 4.24. The van der Waals surface area contributed by atoms with Crippen molar-refractivity contribution in [3.8, 4) is 0 Å². The van der Waals surface area contributed by atoms with E-state index in [1.54, 1.807) is 30.3 Å². The van der Waals surface area contributed by atoms with Gasteiger partial charge in [0.1, 0.15) is 5.82 Å². The van der Waals surface area contributed by atoms with E-state index in [2.05, 4.69) is 10.6 Å². The molecule has 0 fully saturated rings. The van der Waals surface area contributed by atoms with Crippen LogP contribution in [-0.4, -0.2) is 16.7 Å². The Hall–Kier alpha value is -4.07. The Balaban J connectivity index is 1.94. The first-order valence-corrected chi connectivity index (χ1v) is 8.16. The van der Waals surface area contributed by atoms with Gasteiger partial charge < -0.3 is 10.6 Å². The number of carbonyl (C=O) groups excluding carboxylic acids is 2. The third-order valence-electron chi connectivity index (χ3n) is 3.86. The molecule has 0 aliphatic rings. The average molecular weight is 379 g/mol. The van der Waals surface area contributed by atoms with Crippen LogP contribution < -0.4 is 10.6 Å². The molecular formula is C20H14FN3O4. The summed E-state index contributed by atoms with van der Waals surface area (Å²) in [4.78, 5) is 35.4. The Bertz CT molecular complexity index is 1050. The van der Waals surface area contributed by atoms with Gasteiger partial charge in [-0.2, -0.15) is 0 Å². The first-order chi connectivity index (χ1) is 13.5. The van der Waals surface area contributed by atoms with Crippen molar-refractivity contribution >= 4 is 28.9 Å². The zero-order chi connectivity index (χ0) is 20.1. The summed E-state index contributed by atoms with van der Waals surface area (Å²) in [6, 6.07) is 17.3. The molecule has 28 heavy (non-hydrogen) atoms. The van der Waals surface area contributed by atoms with Crippen molar-refractivity contribution in [2.24, 2.45) is 0 Å². The largest absolute Gasteiger partial charge is 0.322 e. The van der Waals surface area contributed by atoms with Gasteiger partial charge in [0.05, 0.1) is 21.7 Å². The number of nitro groups is 1. The zero-order valence-electron chi connectivity index (χ0n) is 14.4. The molecule has 3 aromatic rings. The molecule has 3 rings (SSSR count). The van der Waals surface area contributed by atoms with Crippen molar-refractivity contribution in [1.29, 1.82) is 0 Å². The summed E-state index contributed by atoms with van der Waals surface area (Å²) < 4.78 is 13.8. The smallest absolute Gasteiger partial charge is 0.270 e. The molecule has 0 saturated carbocycles. The lowest BCUT2D eigenvalue weighted by atomic mass is 10.1. The van der Waals surface area contributed by atoms with Crippen LogP contribution in [0.4, 0.5) is 21.5 Å². The molecule has 0 atom stereocenters. The molecule has 2 amide bonds. The lowest BCUT2D eigenvalue weighted by Gasteiger charge is -2.12. The maximum Gasteiger partial charge on any atom is 0.270 e. The summed E-state index contributed by atoms with van der Waals surface area (Å²) >= 11 is 0. The number of hydrogen-bond donors (Lipinski definition) is 2. The van der Waals surface area contributed by atoms with Crippen LogP contribution >= 0.6 is 0 Å². The van der Waals surface area contributed by atoms with E-state index in [1.807, 2.05) is 0 Å². The van der Waals surface area contributed by atoms with Crippen LogP contribution in [0.15, 0.2) is 72.8 Å². The lowest BCUT2D eigenvalue weighted by molar-refractivity contribution is -0.384. The van der Waals surface area contributed by atoms with Crippen LogP contribution in [0.25, 0.3) is 0 Å². The van der Waals surface area contributed by atoms with Crippen LogP contribution in [0.1, 0.15) is 20.7 Å². The van der Waals surface area contributed by atoms with Gasteiger partial charge in [-0.05, 0) is 30.3 Å². The zero-order valence-corrected chi connectivity index (χ0v) is 14.4. The molecule has 0 aliphatic heterocycles. The number of nitrogens with one attached hydrogen (secondary N) is 2. The van der Waals surface area contributed by atoms with Crippen molar-refractivity contribution in [1.82, 2.24) is 0 Å². The summed E-state index contributed by atoms with van der Waals surface area (Å²) in [5, 5.41) is 16.1. The molecular weight excluding hydrogens is 365 g/mol. The minimum atomic E-state index is -0.777. The Kier molecular flexibility index (Phi) is 5.40. The van der Waals surface area contributed by atoms with Gasteiger partial charge in [0, 0.05) is 17.8 Å². The van der Waals surface area contributed by atoms with E-state index >= 15 is 0 Å². The topological polar surface area (TPSA) is 101 Å². The van der Waals surface area contributed by atoms with Gasteiger partial charge in [0.25, 0.3) is 17.5 Å². The van der Waals surface area contributed by atoms with Gasteiger partial charge in [-0.1, -0.05) is 30.3 Å². The number of anilines is 2. The molecule has 0 heterocycles. The minimum absolute atomic E-state index is 0.0206. The van der Waals surface area contributed by atoms with Crippen LogP contribution in [0, 0.1) is 15.9 Å². The second kappa shape index (κ2) is 8.09. The standard InChI is InChI=1S/C20H14FN3O4/c21-17-9-5-4-8-15(17)19(25)23-18-11-10-14(24(27)28)12-16(18)20(26)22-13-6-2-1-3-7-13/h1-12H,(H,22,26)(H,23,25). The summed E-state index contributed by atoms with van der Waals surface area (Å²) in [5.74, 6) is -2.16. The van der Waals surface area contributed by atoms with Crippen molar-refractivity contribution in [2.75, 3.05) is 10.6 Å². The Labute approximate surface area is 159 Å². The number of amides is 2. The van der Waals surface area contributed by atoms with Crippen LogP contribution in [0.2, 0.25) is 0 Å². The molecule has 3 aromatic carbocycles. The number of benzene rings is 3. The SMILES string of the molecule is O=C(Nc1ccc([N+](=O)[O-])cc1C(=O)Nc1ccccc1)c1ccccc1F. The Morgan fingerprint density at radius 1 is 0.821 bits per heavy atom. The van der Waals surface area contributed by atoms with Gasteiger partial charge >= 0.3 is 0 Å². The van der Waals surface area contributed by atoms with E-state index in [-0.39, 0.29) is 22.5 Å². The van der Waals surface area contributed by atoms with Gasteiger partial charge in [-0.15, -0.1) is 0 Å². The van der Waals surface area contributed by atoms with Crippen molar-refractivity contribution in [3.05, 3.63) is 99.9 Å². The number of halogens is 1. The van der Waals surface area contributed by atoms with Crippen molar-refractivity contribution in [3.63, 3.8) is 0 Å². The number of hydrogen-bond acceptors (Lipinski definition) is 4. The van der Waals surface area contributed by atoms with Crippen molar-refractivity contribution < 1.29 is 18.9 Å². The number of non-ortho nitro benzene ring substituents is 1. The summed E-state index contributed by atoms with van der Waals surface area (Å²) in [7, 11) is 0. The number of nitro benzene ring substituents is 1. The molecule has 140 valence electrons. The summed E-state index contributed by atoms with van der Waals surface area (Å²) in [6.45, 7) is 0. The molecule has 7 nitrogen and oxygen atoms in total. The fourth-order valence-electron chi connectivity index (χ4n) is 2.50. The van der Waals surface area contributed by atoms with Gasteiger partial charge in [0.2, 0.25) is 0 Å². The molecule has 2 N–H and O–H groups in total. The van der Waals surface area contributed by atoms with E-state index in [0.717, 1.165) is 18.2 Å². The third kappa shape index (κ3) is 4.18. The fourth-order valence-corrected chi connectivity index (χ4v) is 2.50. The van der Waals surface area contributed by atoms with E-state index in [0.29, 0.717) is 5.69 Å². The van der Waals surface area contributed by atoms with E-state index < -0.39 is 22.6 Å². The van der Waals surface area contributed by atoms with E-state index in [9.17, 15) is 24.1 Å². The van der Waals surface area contributed by atoms with Crippen LogP contribution in [0.5, 0.6) is 0 Å². The van der Waals surface area contributed by atoms with Crippen LogP contribution in [0.3, 0.4) is 0 Å². The van der Waals surface area contributed by atoms with E-state index in [1.165, 1.54) is 24.3 Å². The quantitative estimate of drug-likeness (QED) is 0.511. The average Bonchev–Trinajstić information content (AvgIpc) is 2.69. The number of nitrogens with zero attached hydrogens (tertiary/aromatic N) is 1. The van der Waals surface area contributed by atoms with Gasteiger partial charge in [-0.25, -0.2) is 4.39 Å². The van der Waals surface area contributed by atoms with E-state index in [4.69, 9.17) is 0 Å². The first-order valence-electron chi connectivity index (χ1n) is 8.16. The molecule has 0 aliphatic carbocycles. The van der Waals surface area contributed by atoms with Crippen molar-refractivity contribution in [2.45, 2.75) is 0 Å².